The van der Waals surface area contributed by atoms with Gasteiger partial charge in [0.1, 0.15) is 13.2 Å². The zero-order valence-corrected chi connectivity index (χ0v) is 54.2. The Morgan fingerprint density at radius 2 is 0.470 bits per heavy atom. The van der Waals surface area contributed by atoms with E-state index in [9.17, 15) is 14.4 Å². The van der Waals surface area contributed by atoms with Gasteiger partial charge in [-0.1, -0.05) is 315 Å². The summed E-state index contributed by atoms with van der Waals surface area (Å²) in [4.78, 5) is 38.3. The molecule has 0 aliphatic heterocycles. The van der Waals surface area contributed by atoms with Crippen molar-refractivity contribution in [1.82, 2.24) is 0 Å². The van der Waals surface area contributed by atoms with Crippen LogP contribution in [0.5, 0.6) is 0 Å². The largest absolute Gasteiger partial charge is 0.462 e. The molecular formula is C77H128O6. The first-order valence-electron chi connectivity index (χ1n) is 34.7. The normalized spacial score (nSPS) is 13.0. The van der Waals surface area contributed by atoms with Crippen LogP contribution in [-0.2, 0) is 28.6 Å². The van der Waals surface area contributed by atoms with Crippen LogP contribution in [-0.4, -0.2) is 37.2 Å². The summed E-state index contributed by atoms with van der Waals surface area (Å²) in [6, 6.07) is 0. The summed E-state index contributed by atoms with van der Waals surface area (Å²) in [5.41, 5.74) is 0. The summed E-state index contributed by atoms with van der Waals surface area (Å²) < 4.78 is 16.9. The van der Waals surface area contributed by atoms with Gasteiger partial charge in [0.2, 0.25) is 0 Å². The van der Waals surface area contributed by atoms with Crippen molar-refractivity contribution in [2.24, 2.45) is 0 Å². The molecule has 0 heterocycles. The minimum Gasteiger partial charge on any atom is -0.462 e. The van der Waals surface area contributed by atoms with Crippen molar-refractivity contribution in [2.75, 3.05) is 13.2 Å². The SMILES string of the molecule is CC/C=C\C/C=C\C/C=C\C/C=C\C/C=C\C/C=C\C/C=C\CCCCCCCCCCCCCCCC(=O)OCC(COC(=O)CCCCCCCCCCCCC)OC(=O)CCCCCCCC/C=C\C/C=C\C/C=C\C/C=C\CC. The molecule has 0 aromatic carbocycles. The van der Waals surface area contributed by atoms with Crippen molar-refractivity contribution in [3.05, 3.63) is 134 Å². The zero-order chi connectivity index (χ0) is 59.9. The highest BCUT2D eigenvalue weighted by Gasteiger charge is 2.19. The predicted molar refractivity (Wildman–Crippen MR) is 362 cm³/mol. The van der Waals surface area contributed by atoms with Gasteiger partial charge in [-0.25, -0.2) is 0 Å². The van der Waals surface area contributed by atoms with Gasteiger partial charge in [0.15, 0.2) is 6.10 Å². The van der Waals surface area contributed by atoms with E-state index in [4.69, 9.17) is 14.2 Å². The molecule has 0 aromatic heterocycles. The number of carbonyl (C=O) groups is 3. The number of allylic oxidation sites excluding steroid dienone is 22. The number of ether oxygens (including phenoxy) is 3. The lowest BCUT2D eigenvalue weighted by molar-refractivity contribution is -0.167. The van der Waals surface area contributed by atoms with E-state index in [1.807, 2.05) is 0 Å². The molecule has 0 saturated heterocycles. The molecule has 0 aliphatic carbocycles. The second-order valence-electron chi connectivity index (χ2n) is 22.7. The van der Waals surface area contributed by atoms with Crippen LogP contribution in [0, 0.1) is 0 Å². The van der Waals surface area contributed by atoms with Crippen LogP contribution in [0.1, 0.15) is 316 Å². The number of unbranched alkanes of at least 4 members (excludes halogenated alkanes) is 29. The predicted octanol–water partition coefficient (Wildman–Crippen LogP) is 24.1. The molecule has 472 valence electrons. The molecule has 0 amide bonds. The first-order chi connectivity index (χ1) is 41.0. The number of carbonyl (C=O) groups excluding carboxylic acids is 3. The molecular weight excluding hydrogens is 1020 g/mol. The van der Waals surface area contributed by atoms with Crippen LogP contribution < -0.4 is 0 Å². The Kier molecular flexibility index (Phi) is 66.3. The number of hydrogen-bond acceptors (Lipinski definition) is 6. The topological polar surface area (TPSA) is 78.9 Å². The van der Waals surface area contributed by atoms with E-state index in [1.165, 1.54) is 135 Å². The lowest BCUT2D eigenvalue weighted by atomic mass is 10.0. The van der Waals surface area contributed by atoms with E-state index < -0.39 is 6.10 Å². The van der Waals surface area contributed by atoms with Crippen LogP contribution >= 0.6 is 0 Å². The molecule has 0 rings (SSSR count). The van der Waals surface area contributed by atoms with Gasteiger partial charge in [-0.3, -0.25) is 14.4 Å². The van der Waals surface area contributed by atoms with Gasteiger partial charge in [0.05, 0.1) is 0 Å². The maximum absolute atomic E-state index is 12.9. The molecule has 1 unspecified atom stereocenters. The lowest BCUT2D eigenvalue weighted by Gasteiger charge is -2.18. The van der Waals surface area contributed by atoms with Gasteiger partial charge in [-0.2, -0.15) is 0 Å². The Morgan fingerprint density at radius 3 is 0.735 bits per heavy atom. The Hall–Kier alpha value is -4.45. The van der Waals surface area contributed by atoms with E-state index >= 15 is 0 Å². The van der Waals surface area contributed by atoms with Gasteiger partial charge in [-0.05, 0) is 116 Å². The number of rotatable bonds is 62. The fraction of sp³-hybridized carbons (Fsp3) is 0.675. The first kappa shape index (κ1) is 78.5. The van der Waals surface area contributed by atoms with Gasteiger partial charge in [0, 0.05) is 19.3 Å². The molecule has 0 aromatic rings. The van der Waals surface area contributed by atoms with Crippen LogP contribution in [0.3, 0.4) is 0 Å². The van der Waals surface area contributed by atoms with Crippen molar-refractivity contribution in [3.8, 4) is 0 Å². The molecule has 6 nitrogen and oxygen atoms in total. The maximum atomic E-state index is 12.9. The van der Waals surface area contributed by atoms with Gasteiger partial charge >= 0.3 is 17.9 Å². The van der Waals surface area contributed by atoms with Crippen LogP contribution in [0.15, 0.2) is 134 Å². The van der Waals surface area contributed by atoms with Crippen molar-refractivity contribution < 1.29 is 28.6 Å². The lowest BCUT2D eigenvalue weighted by Crippen LogP contribution is -2.30. The third-order valence-corrected chi connectivity index (χ3v) is 14.7. The minimum absolute atomic E-state index is 0.0830. The van der Waals surface area contributed by atoms with Crippen molar-refractivity contribution in [1.29, 1.82) is 0 Å². The minimum atomic E-state index is -0.788. The highest BCUT2D eigenvalue weighted by Crippen LogP contribution is 2.16. The smallest absolute Gasteiger partial charge is 0.306 e. The van der Waals surface area contributed by atoms with Gasteiger partial charge < -0.3 is 14.2 Å². The van der Waals surface area contributed by atoms with Crippen LogP contribution in [0.2, 0.25) is 0 Å². The maximum Gasteiger partial charge on any atom is 0.306 e. The van der Waals surface area contributed by atoms with Crippen molar-refractivity contribution in [2.45, 2.75) is 322 Å². The average molecular weight is 1150 g/mol. The average Bonchev–Trinajstić information content (AvgIpc) is 3.48. The molecule has 0 spiro atoms. The molecule has 0 N–H and O–H groups in total. The number of hydrogen-bond donors (Lipinski definition) is 0. The molecule has 0 saturated carbocycles. The molecule has 83 heavy (non-hydrogen) atoms. The van der Waals surface area contributed by atoms with E-state index in [-0.39, 0.29) is 31.1 Å². The van der Waals surface area contributed by atoms with Crippen LogP contribution in [0.25, 0.3) is 0 Å². The van der Waals surface area contributed by atoms with Gasteiger partial charge in [0.25, 0.3) is 0 Å². The molecule has 6 heteroatoms. The quantitative estimate of drug-likeness (QED) is 0.0261. The van der Waals surface area contributed by atoms with Crippen molar-refractivity contribution >= 4 is 17.9 Å². The highest BCUT2D eigenvalue weighted by molar-refractivity contribution is 5.71. The monoisotopic (exact) mass is 1150 g/mol. The Morgan fingerprint density at radius 1 is 0.253 bits per heavy atom. The standard InChI is InChI=1S/C77H128O6/c1-4-7-10-13-16-19-22-24-26-28-30-31-32-33-34-35-36-37-38-39-40-41-42-43-44-45-47-48-50-52-55-58-61-64-67-70-76(79)82-73-74(72-81-75(78)69-66-63-60-57-54-21-18-15-12-9-6-3)83-77(80)71-68-65-62-59-56-53-51-49-46-29-27-25-23-20-17-14-11-8-5-2/h7-8,10-11,16-17,19-20,24-27,30-31,33-34,36-37,39-40,46,49,74H,4-6,9,12-15,18,21-23,28-29,32,35,38,41-45,47-48,50-73H2,1-3H3/b10-7-,11-8-,19-16-,20-17-,26-24-,27-25-,31-30-,34-33-,37-36-,40-39-,49-46-. The van der Waals surface area contributed by atoms with E-state index in [0.717, 1.165) is 141 Å². The molecule has 1 atom stereocenters. The van der Waals surface area contributed by atoms with E-state index in [1.54, 1.807) is 0 Å². The van der Waals surface area contributed by atoms with Gasteiger partial charge in [-0.15, -0.1) is 0 Å². The Labute approximate surface area is 513 Å². The van der Waals surface area contributed by atoms with E-state index in [2.05, 4.69) is 154 Å². The zero-order valence-electron chi connectivity index (χ0n) is 54.2. The molecule has 0 fully saturated rings. The highest BCUT2D eigenvalue weighted by atomic mass is 16.6. The number of esters is 3. The fourth-order valence-corrected chi connectivity index (χ4v) is 9.53. The fourth-order valence-electron chi connectivity index (χ4n) is 9.53. The van der Waals surface area contributed by atoms with E-state index in [0.29, 0.717) is 19.3 Å². The molecule has 0 aliphatic rings. The summed E-state index contributed by atoms with van der Waals surface area (Å²) in [6.45, 7) is 6.41. The van der Waals surface area contributed by atoms with Crippen LogP contribution in [0.4, 0.5) is 0 Å². The second kappa shape index (κ2) is 70.0. The molecule has 0 radical (unpaired) electrons. The summed E-state index contributed by atoms with van der Waals surface area (Å²) >= 11 is 0. The summed E-state index contributed by atoms with van der Waals surface area (Å²) in [7, 11) is 0. The summed E-state index contributed by atoms with van der Waals surface area (Å²) in [6.07, 6.45) is 99.1. The third kappa shape index (κ3) is 68.2. The Balaban J connectivity index is 4.20. The third-order valence-electron chi connectivity index (χ3n) is 14.7. The summed E-state index contributed by atoms with van der Waals surface area (Å²) in [5.74, 6) is -0.891. The van der Waals surface area contributed by atoms with Crippen molar-refractivity contribution in [3.63, 3.8) is 0 Å². The first-order valence-corrected chi connectivity index (χ1v) is 34.7. The molecule has 0 bridgehead atoms. The Bertz CT molecular complexity index is 1750. The second-order valence-corrected chi connectivity index (χ2v) is 22.7. The summed E-state index contributed by atoms with van der Waals surface area (Å²) in [5, 5.41) is 0.